The molecule has 1 aromatic heterocycles. The number of hydrogen-bond acceptors (Lipinski definition) is 3. The molecule has 0 spiro atoms. The quantitative estimate of drug-likeness (QED) is 0.860. The number of carbonyl (C=O) groups is 1. The van der Waals surface area contributed by atoms with Gasteiger partial charge < -0.3 is 10.6 Å². The van der Waals surface area contributed by atoms with Crippen LogP contribution in [0.25, 0.3) is 11.8 Å². The Hall–Kier alpha value is -2.47. The third-order valence-electron chi connectivity index (χ3n) is 5.01. The molecule has 2 unspecified atom stereocenters. The van der Waals surface area contributed by atoms with Crippen molar-refractivity contribution in [3.8, 4) is 5.69 Å². The lowest BCUT2D eigenvalue weighted by Crippen LogP contribution is -2.47. The van der Waals surface area contributed by atoms with Crippen molar-refractivity contribution in [3.05, 3.63) is 53.1 Å². The summed E-state index contributed by atoms with van der Waals surface area (Å²) in [5.41, 5.74) is 9.40. The van der Waals surface area contributed by atoms with Crippen molar-refractivity contribution < 1.29 is 9.18 Å². The lowest BCUT2D eigenvalue weighted by Gasteiger charge is -2.35. The summed E-state index contributed by atoms with van der Waals surface area (Å²) in [6.45, 7) is 6.57. The minimum Gasteiger partial charge on any atom is -0.336 e. The van der Waals surface area contributed by atoms with E-state index in [1.807, 2.05) is 31.7 Å². The maximum absolute atomic E-state index is 13.1. The number of likely N-dealkylation sites (tertiary alicyclic amines) is 1. The van der Waals surface area contributed by atoms with E-state index in [0.717, 1.165) is 35.5 Å². The van der Waals surface area contributed by atoms with Crippen molar-refractivity contribution in [1.82, 2.24) is 14.7 Å². The highest BCUT2D eigenvalue weighted by Gasteiger charge is 2.25. The minimum atomic E-state index is -0.281. The molecular formula is C20H25FN4O. The Morgan fingerprint density at radius 1 is 1.31 bits per heavy atom. The van der Waals surface area contributed by atoms with Crippen LogP contribution in [0, 0.1) is 19.7 Å². The molecule has 6 heteroatoms. The number of amides is 1. The standard InChI is InChI=1S/C20H25FN4O/c1-13-12-17(22)10-11-24(13)20(26)9-8-19-14(2)23-25(15(19)3)18-6-4-16(21)5-7-18/h4-9,13,17H,10-12,22H2,1-3H3/b9-8+. The van der Waals surface area contributed by atoms with Gasteiger partial charge in [0.15, 0.2) is 0 Å². The number of carbonyl (C=O) groups excluding carboxylic acids is 1. The van der Waals surface area contributed by atoms with Gasteiger partial charge in [0, 0.05) is 36.0 Å². The molecule has 5 nitrogen and oxygen atoms in total. The Morgan fingerprint density at radius 3 is 2.65 bits per heavy atom. The zero-order valence-electron chi connectivity index (χ0n) is 15.4. The molecule has 0 radical (unpaired) electrons. The summed E-state index contributed by atoms with van der Waals surface area (Å²) in [5, 5.41) is 4.53. The second-order valence-corrected chi connectivity index (χ2v) is 6.97. The lowest BCUT2D eigenvalue weighted by atomic mass is 9.99. The number of aryl methyl sites for hydroxylation is 1. The van der Waals surface area contributed by atoms with E-state index >= 15 is 0 Å². The first-order valence-corrected chi connectivity index (χ1v) is 8.93. The SMILES string of the molecule is Cc1nn(-c2ccc(F)cc2)c(C)c1/C=C/C(=O)N1CCC(N)CC1C. The zero-order valence-corrected chi connectivity index (χ0v) is 15.4. The Labute approximate surface area is 153 Å². The number of nitrogens with zero attached hydrogens (tertiary/aromatic N) is 3. The molecule has 138 valence electrons. The number of aromatic nitrogens is 2. The Morgan fingerprint density at radius 2 is 2.00 bits per heavy atom. The van der Waals surface area contributed by atoms with Gasteiger partial charge in [-0.15, -0.1) is 0 Å². The monoisotopic (exact) mass is 356 g/mol. The molecule has 1 aromatic carbocycles. The predicted octanol–water partition coefficient (Wildman–Crippen LogP) is 2.98. The second-order valence-electron chi connectivity index (χ2n) is 6.97. The normalized spacial score (nSPS) is 20.7. The lowest BCUT2D eigenvalue weighted by molar-refractivity contribution is -0.129. The van der Waals surface area contributed by atoms with Crippen LogP contribution < -0.4 is 5.73 Å². The number of halogens is 1. The largest absolute Gasteiger partial charge is 0.336 e. The van der Waals surface area contributed by atoms with Gasteiger partial charge in [0.25, 0.3) is 0 Å². The van der Waals surface area contributed by atoms with Crippen LogP contribution in [0.1, 0.15) is 36.7 Å². The molecule has 1 fully saturated rings. The third kappa shape index (κ3) is 3.70. The van der Waals surface area contributed by atoms with Crippen LogP contribution in [0.5, 0.6) is 0 Å². The molecule has 2 aromatic rings. The van der Waals surface area contributed by atoms with Crippen LogP contribution in [0.2, 0.25) is 0 Å². The van der Waals surface area contributed by atoms with Gasteiger partial charge in [0.1, 0.15) is 5.82 Å². The van der Waals surface area contributed by atoms with E-state index in [9.17, 15) is 9.18 Å². The van der Waals surface area contributed by atoms with E-state index in [0.29, 0.717) is 6.54 Å². The van der Waals surface area contributed by atoms with E-state index in [1.165, 1.54) is 12.1 Å². The first-order chi connectivity index (χ1) is 12.4. The summed E-state index contributed by atoms with van der Waals surface area (Å²) in [4.78, 5) is 14.4. The summed E-state index contributed by atoms with van der Waals surface area (Å²) >= 11 is 0. The predicted molar refractivity (Wildman–Crippen MR) is 100 cm³/mol. The number of piperidine rings is 1. The van der Waals surface area contributed by atoms with Crippen molar-refractivity contribution in [2.75, 3.05) is 6.54 Å². The topological polar surface area (TPSA) is 64.2 Å². The fourth-order valence-electron chi connectivity index (χ4n) is 3.52. The molecule has 0 bridgehead atoms. The maximum atomic E-state index is 13.1. The van der Waals surface area contributed by atoms with Crippen molar-refractivity contribution in [3.63, 3.8) is 0 Å². The highest BCUT2D eigenvalue weighted by Crippen LogP contribution is 2.21. The molecule has 0 saturated carbocycles. The van der Waals surface area contributed by atoms with Gasteiger partial charge >= 0.3 is 0 Å². The highest BCUT2D eigenvalue weighted by molar-refractivity contribution is 5.92. The fraction of sp³-hybridized carbons (Fsp3) is 0.400. The molecule has 1 aliphatic heterocycles. The van der Waals surface area contributed by atoms with E-state index in [2.05, 4.69) is 5.10 Å². The van der Waals surface area contributed by atoms with Crippen molar-refractivity contribution >= 4 is 12.0 Å². The molecule has 1 amide bonds. The van der Waals surface area contributed by atoms with Crippen LogP contribution in [0.4, 0.5) is 4.39 Å². The smallest absolute Gasteiger partial charge is 0.246 e. The first kappa shape index (κ1) is 18.3. The van der Waals surface area contributed by atoms with Crippen molar-refractivity contribution in [2.45, 2.75) is 45.7 Å². The molecule has 2 heterocycles. The van der Waals surface area contributed by atoms with Crippen LogP contribution >= 0.6 is 0 Å². The highest BCUT2D eigenvalue weighted by atomic mass is 19.1. The molecular weight excluding hydrogens is 331 g/mol. The van der Waals surface area contributed by atoms with E-state index in [1.54, 1.807) is 22.9 Å². The summed E-state index contributed by atoms with van der Waals surface area (Å²) < 4.78 is 14.9. The Kier molecular flexibility index (Phi) is 5.23. The van der Waals surface area contributed by atoms with Gasteiger partial charge in [-0.2, -0.15) is 5.10 Å². The number of rotatable bonds is 3. The molecule has 3 rings (SSSR count). The Bertz CT molecular complexity index is 825. The van der Waals surface area contributed by atoms with Gasteiger partial charge in [-0.1, -0.05) is 0 Å². The molecule has 26 heavy (non-hydrogen) atoms. The Balaban J connectivity index is 1.80. The summed E-state index contributed by atoms with van der Waals surface area (Å²) in [7, 11) is 0. The van der Waals surface area contributed by atoms with Crippen molar-refractivity contribution in [1.29, 1.82) is 0 Å². The average molecular weight is 356 g/mol. The second kappa shape index (κ2) is 7.41. The van der Waals surface area contributed by atoms with Gasteiger partial charge in [-0.25, -0.2) is 9.07 Å². The van der Waals surface area contributed by atoms with E-state index in [4.69, 9.17) is 5.73 Å². The fourth-order valence-corrected chi connectivity index (χ4v) is 3.52. The zero-order chi connectivity index (χ0) is 18.8. The third-order valence-corrected chi connectivity index (χ3v) is 5.01. The van der Waals surface area contributed by atoms with Gasteiger partial charge in [-0.3, -0.25) is 4.79 Å². The van der Waals surface area contributed by atoms with E-state index < -0.39 is 0 Å². The average Bonchev–Trinajstić information content (AvgIpc) is 2.88. The first-order valence-electron chi connectivity index (χ1n) is 8.93. The van der Waals surface area contributed by atoms with Crippen molar-refractivity contribution in [2.24, 2.45) is 5.73 Å². The van der Waals surface area contributed by atoms with E-state index in [-0.39, 0.29) is 23.8 Å². The summed E-state index contributed by atoms with van der Waals surface area (Å²) in [6, 6.07) is 6.52. The van der Waals surface area contributed by atoms with Gasteiger partial charge in [-0.05, 0) is 64.0 Å². The van der Waals surface area contributed by atoms with Crippen LogP contribution in [0.3, 0.4) is 0 Å². The minimum absolute atomic E-state index is 0.00210. The summed E-state index contributed by atoms with van der Waals surface area (Å²) in [6.07, 6.45) is 5.10. The van der Waals surface area contributed by atoms with Crippen LogP contribution in [-0.2, 0) is 4.79 Å². The molecule has 2 N–H and O–H groups in total. The molecule has 2 atom stereocenters. The molecule has 1 saturated heterocycles. The molecule has 0 aliphatic carbocycles. The number of nitrogens with two attached hydrogens (primary N) is 1. The molecule has 1 aliphatic rings. The van der Waals surface area contributed by atoms with Crippen LogP contribution in [0.15, 0.2) is 30.3 Å². The number of hydrogen-bond donors (Lipinski definition) is 1. The maximum Gasteiger partial charge on any atom is 0.246 e. The number of benzene rings is 1. The van der Waals surface area contributed by atoms with Crippen LogP contribution in [-0.4, -0.2) is 39.2 Å². The van der Waals surface area contributed by atoms with Gasteiger partial charge in [0.2, 0.25) is 5.91 Å². The summed E-state index contributed by atoms with van der Waals surface area (Å²) in [5.74, 6) is -0.283. The van der Waals surface area contributed by atoms with Gasteiger partial charge in [0.05, 0.1) is 11.4 Å².